The first-order valence-electron chi connectivity index (χ1n) is 11.3. The Kier molecular flexibility index (Phi) is 7.78. The normalized spacial score (nSPS) is 18.5. The lowest BCUT2D eigenvalue weighted by atomic mass is 9.85. The maximum absolute atomic E-state index is 13.4. The van der Waals surface area contributed by atoms with Gasteiger partial charge < -0.3 is 19.7 Å². The molecule has 0 radical (unpaired) electrons. The van der Waals surface area contributed by atoms with Crippen molar-refractivity contribution in [1.82, 2.24) is 5.32 Å². The number of nitrogens with one attached hydrogen (secondary N) is 1. The Bertz CT molecular complexity index is 959. The van der Waals surface area contributed by atoms with Crippen LogP contribution in [0, 0.1) is 0 Å². The van der Waals surface area contributed by atoms with Gasteiger partial charge in [0.15, 0.2) is 0 Å². The van der Waals surface area contributed by atoms with E-state index in [2.05, 4.69) is 12.2 Å². The molecule has 6 nitrogen and oxygen atoms in total. The number of ether oxygens (including phenoxy) is 2. The van der Waals surface area contributed by atoms with Crippen molar-refractivity contribution in [3.05, 3.63) is 53.6 Å². The molecule has 6 heteroatoms. The lowest BCUT2D eigenvalue weighted by Gasteiger charge is -2.39. The van der Waals surface area contributed by atoms with Crippen molar-refractivity contribution in [2.45, 2.75) is 64.5 Å². The number of hydrogen-bond donors (Lipinski definition) is 1. The first kappa shape index (κ1) is 23.6. The molecule has 3 rings (SSSR count). The molecular formula is C26H34N2O4. The maximum Gasteiger partial charge on any atom is 0.227 e. The Balaban J connectivity index is 1.81. The van der Waals surface area contributed by atoms with E-state index < -0.39 is 0 Å². The first-order valence-corrected chi connectivity index (χ1v) is 11.3. The third-order valence-corrected chi connectivity index (χ3v) is 6.27. The van der Waals surface area contributed by atoms with Crippen molar-refractivity contribution >= 4 is 17.5 Å². The Morgan fingerprint density at radius 2 is 1.91 bits per heavy atom. The molecule has 1 aliphatic heterocycles. The number of aryl methyl sites for hydroxylation is 1. The quantitative estimate of drug-likeness (QED) is 0.661. The third kappa shape index (κ3) is 5.06. The van der Waals surface area contributed by atoms with E-state index in [0.29, 0.717) is 19.3 Å². The van der Waals surface area contributed by atoms with Gasteiger partial charge in [0.25, 0.3) is 0 Å². The summed E-state index contributed by atoms with van der Waals surface area (Å²) in [6.45, 7) is 6.09. The maximum atomic E-state index is 13.4. The standard InChI is InChI=1S/C26H34N2O4/c1-6-17(2)27-26(30)22-15-18(3)28(23-10-8-7-9-21(22)23)25(29)14-11-19-16-20(31-4)12-13-24(19)32-5/h7-10,12-13,16-18,22H,6,11,14-15H2,1-5H3,(H,27,30)/t17-,18+,22+/m0/s1. The van der Waals surface area contributed by atoms with E-state index >= 15 is 0 Å². The first-order chi connectivity index (χ1) is 15.4. The highest BCUT2D eigenvalue weighted by atomic mass is 16.5. The molecule has 0 aromatic heterocycles. The summed E-state index contributed by atoms with van der Waals surface area (Å²) in [6, 6.07) is 13.4. The van der Waals surface area contributed by atoms with Crippen LogP contribution in [0.2, 0.25) is 0 Å². The van der Waals surface area contributed by atoms with Crippen molar-refractivity contribution in [3.8, 4) is 11.5 Å². The monoisotopic (exact) mass is 438 g/mol. The largest absolute Gasteiger partial charge is 0.497 e. The number of amides is 2. The number of benzene rings is 2. The van der Waals surface area contributed by atoms with Gasteiger partial charge in [0.1, 0.15) is 11.5 Å². The predicted molar refractivity (Wildman–Crippen MR) is 127 cm³/mol. The summed E-state index contributed by atoms with van der Waals surface area (Å²) in [5.74, 6) is 1.30. The van der Waals surface area contributed by atoms with Crippen LogP contribution in [-0.2, 0) is 16.0 Å². The number of fused-ring (bicyclic) bond motifs is 1. The second-order valence-corrected chi connectivity index (χ2v) is 8.46. The molecule has 3 atom stereocenters. The Labute approximate surface area is 190 Å². The van der Waals surface area contributed by atoms with Gasteiger partial charge in [-0.25, -0.2) is 0 Å². The van der Waals surface area contributed by atoms with E-state index in [1.165, 1.54) is 0 Å². The van der Waals surface area contributed by atoms with E-state index in [1.807, 2.05) is 61.2 Å². The SMILES string of the molecule is CC[C@H](C)NC(=O)[C@@H]1C[C@@H](C)N(C(=O)CCc2cc(OC)ccc2OC)c2ccccc21. The van der Waals surface area contributed by atoms with Gasteiger partial charge in [-0.1, -0.05) is 25.1 Å². The van der Waals surface area contributed by atoms with Gasteiger partial charge in [-0.3, -0.25) is 9.59 Å². The molecule has 2 aromatic carbocycles. The summed E-state index contributed by atoms with van der Waals surface area (Å²) in [4.78, 5) is 28.2. The summed E-state index contributed by atoms with van der Waals surface area (Å²) in [5, 5.41) is 3.11. The molecule has 1 aliphatic rings. The van der Waals surface area contributed by atoms with Gasteiger partial charge in [-0.15, -0.1) is 0 Å². The lowest BCUT2D eigenvalue weighted by Crippen LogP contribution is -2.47. The highest BCUT2D eigenvalue weighted by molar-refractivity contribution is 5.98. The number of anilines is 1. The number of carbonyl (C=O) groups excluding carboxylic acids is 2. The third-order valence-electron chi connectivity index (χ3n) is 6.27. The minimum absolute atomic E-state index is 0.0341. The summed E-state index contributed by atoms with van der Waals surface area (Å²) in [6.07, 6.45) is 2.37. The molecule has 0 bridgehead atoms. The van der Waals surface area contributed by atoms with Crippen molar-refractivity contribution in [2.24, 2.45) is 0 Å². The molecule has 172 valence electrons. The Morgan fingerprint density at radius 3 is 2.59 bits per heavy atom. The van der Waals surface area contributed by atoms with Crippen LogP contribution >= 0.6 is 0 Å². The summed E-state index contributed by atoms with van der Waals surface area (Å²) >= 11 is 0. The zero-order valence-corrected chi connectivity index (χ0v) is 19.7. The van der Waals surface area contributed by atoms with Crippen molar-refractivity contribution in [1.29, 1.82) is 0 Å². The van der Waals surface area contributed by atoms with Crippen molar-refractivity contribution < 1.29 is 19.1 Å². The molecular weight excluding hydrogens is 404 g/mol. The summed E-state index contributed by atoms with van der Waals surface area (Å²) in [7, 11) is 3.25. The highest BCUT2D eigenvalue weighted by Crippen LogP contribution is 2.39. The van der Waals surface area contributed by atoms with Gasteiger partial charge >= 0.3 is 0 Å². The second-order valence-electron chi connectivity index (χ2n) is 8.46. The van der Waals surface area contributed by atoms with Crippen LogP contribution in [0.1, 0.15) is 57.1 Å². The molecule has 0 fully saturated rings. The molecule has 0 saturated heterocycles. The predicted octanol–water partition coefficient (Wildman–Crippen LogP) is 4.46. The molecule has 0 aliphatic carbocycles. The van der Waals surface area contributed by atoms with Gasteiger partial charge in [0.05, 0.1) is 20.1 Å². The fourth-order valence-electron chi connectivity index (χ4n) is 4.33. The molecule has 1 N–H and O–H groups in total. The van der Waals surface area contributed by atoms with E-state index in [9.17, 15) is 9.59 Å². The van der Waals surface area contributed by atoms with Gasteiger partial charge in [-0.2, -0.15) is 0 Å². The number of rotatable bonds is 8. The number of hydrogen-bond acceptors (Lipinski definition) is 4. The topological polar surface area (TPSA) is 67.9 Å². The molecule has 2 amide bonds. The zero-order chi connectivity index (χ0) is 23.3. The second kappa shape index (κ2) is 10.5. The number of methoxy groups -OCH3 is 2. The fourth-order valence-corrected chi connectivity index (χ4v) is 4.33. The van der Waals surface area contributed by atoms with Crippen molar-refractivity contribution in [2.75, 3.05) is 19.1 Å². The van der Waals surface area contributed by atoms with Crippen LogP contribution < -0.4 is 19.7 Å². The van der Waals surface area contributed by atoms with Crippen LogP contribution in [0.5, 0.6) is 11.5 Å². The average Bonchev–Trinajstić information content (AvgIpc) is 2.81. The molecule has 2 aromatic rings. The number of para-hydroxylation sites is 1. The molecule has 0 saturated carbocycles. The van der Waals surface area contributed by atoms with E-state index in [4.69, 9.17) is 9.47 Å². The Morgan fingerprint density at radius 1 is 1.16 bits per heavy atom. The minimum atomic E-state index is -0.252. The molecule has 0 unspecified atom stereocenters. The van der Waals surface area contributed by atoms with Crippen LogP contribution in [0.25, 0.3) is 0 Å². The van der Waals surface area contributed by atoms with E-state index in [-0.39, 0.29) is 29.8 Å². The fraction of sp³-hybridized carbons (Fsp3) is 0.462. The van der Waals surface area contributed by atoms with Crippen LogP contribution in [0.15, 0.2) is 42.5 Å². The van der Waals surface area contributed by atoms with Crippen molar-refractivity contribution in [3.63, 3.8) is 0 Å². The number of carbonyl (C=O) groups is 2. The van der Waals surface area contributed by atoms with E-state index in [0.717, 1.165) is 34.7 Å². The van der Waals surface area contributed by atoms with Crippen LogP contribution in [0.4, 0.5) is 5.69 Å². The smallest absolute Gasteiger partial charge is 0.227 e. The minimum Gasteiger partial charge on any atom is -0.497 e. The zero-order valence-electron chi connectivity index (χ0n) is 19.7. The molecule has 32 heavy (non-hydrogen) atoms. The number of nitrogens with zero attached hydrogens (tertiary/aromatic N) is 1. The van der Waals surface area contributed by atoms with Crippen LogP contribution in [0.3, 0.4) is 0 Å². The van der Waals surface area contributed by atoms with Gasteiger partial charge in [0.2, 0.25) is 11.8 Å². The van der Waals surface area contributed by atoms with Gasteiger partial charge in [0, 0.05) is 24.2 Å². The highest BCUT2D eigenvalue weighted by Gasteiger charge is 2.36. The summed E-state index contributed by atoms with van der Waals surface area (Å²) < 4.78 is 10.8. The average molecular weight is 439 g/mol. The molecule has 0 spiro atoms. The van der Waals surface area contributed by atoms with E-state index in [1.54, 1.807) is 14.2 Å². The van der Waals surface area contributed by atoms with Crippen LogP contribution in [-0.4, -0.2) is 38.1 Å². The van der Waals surface area contributed by atoms with Gasteiger partial charge in [-0.05, 0) is 68.5 Å². The Hall–Kier alpha value is -3.02. The molecule has 1 heterocycles. The summed E-state index contributed by atoms with van der Waals surface area (Å²) in [5.41, 5.74) is 2.68. The lowest BCUT2D eigenvalue weighted by molar-refractivity contribution is -0.124.